The van der Waals surface area contributed by atoms with Crippen LogP contribution in [-0.2, 0) is 0 Å². The average molecular weight is 481 g/mol. The summed E-state index contributed by atoms with van der Waals surface area (Å²) >= 11 is 0. The quantitative estimate of drug-likeness (QED) is 0.266. The molecule has 0 aliphatic heterocycles. The lowest BCUT2D eigenvalue weighted by Crippen LogP contribution is -2.08. The molecule has 0 aliphatic rings. The van der Waals surface area contributed by atoms with Gasteiger partial charge in [0.15, 0.2) is 5.43 Å². The van der Waals surface area contributed by atoms with E-state index in [1.807, 2.05) is 0 Å². The van der Waals surface area contributed by atoms with E-state index < -0.39 is 0 Å². The SMILES string of the molecule is COc1ccc2oc(-c3ccc(Oc4ccc(N)cc4)cc3Oc3ccc(N)cc3)c(C)c(=O)c2c1. The van der Waals surface area contributed by atoms with Crippen molar-refractivity contribution in [3.05, 3.63) is 101 Å². The van der Waals surface area contributed by atoms with E-state index in [0.29, 0.717) is 68.0 Å². The van der Waals surface area contributed by atoms with Crippen molar-refractivity contribution < 1.29 is 18.6 Å². The molecule has 0 saturated carbocycles. The number of nitrogens with two attached hydrogens (primary N) is 2. The first-order valence-electron chi connectivity index (χ1n) is 11.2. The molecular weight excluding hydrogens is 456 g/mol. The van der Waals surface area contributed by atoms with Crippen molar-refractivity contribution in [2.24, 2.45) is 0 Å². The lowest BCUT2D eigenvalue weighted by Gasteiger charge is -2.15. The minimum absolute atomic E-state index is 0.147. The van der Waals surface area contributed by atoms with E-state index in [1.165, 1.54) is 0 Å². The third kappa shape index (κ3) is 4.54. The molecule has 5 rings (SSSR count). The molecule has 0 amide bonds. The van der Waals surface area contributed by atoms with Gasteiger partial charge in [-0.25, -0.2) is 0 Å². The molecule has 7 heteroatoms. The van der Waals surface area contributed by atoms with Gasteiger partial charge in [0.05, 0.1) is 18.1 Å². The fraction of sp³-hybridized carbons (Fsp3) is 0.0690. The summed E-state index contributed by atoms with van der Waals surface area (Å²) in [6, 6.07) is 24.6. The Labute approximate surface area is 207 Å². The highest BCUT2D eigenvalue weighted by atomic mass is 16.5. The van der Waals surface area contributed by atoms with Crippen LogP contribution in [0.2, 0.25) is 0 Å². The van der Waals surface area contributed by atoms with Gasteiger partial charge in [-0.05, 0) is 85.8 Å². The number of rotatable bonds is 6. The van der Waals surface area contributed by atoms with Gasteiger partial charge in [-0.2, -0.15) is 0 Å². The van der Waals surface area contributed by atoms with Gasteiger partial charge in [0, 0.05) is 23.0 Å². The Morgan fingerprint density at radius 2 is 1.28 bits per heavy atom. The Morgan fingerprint density at radius 1 is 0.694 bits per heavy atom. The van der Waals surface area contributed by atoms with Crippen LogP contribution in [-0.4, -0.2) is 7.11 Å². The Morgan fingerprint density at radius 3 is 1.92 bits per heavy atom. The normalized spacial score (nSPS) is 10.8. The maximum Gasteiger partial charge on any atom is 0.196 e. The minimum Gasteiger partial charge on any atom is -0.497 e. The van der Waals surface area contributed by atoms with Crippen LogP contribution in [0.15, 0.2) is 94.1 Å². The zero-order valence-electron chi connectivity index (χ0n) is 19.8. The predicted molar refractivity (Wildman–Crippen MR) is 141 cm³/mol. The highest BCUT2D eigenvalue weighted by Gasteiger charge is 2.19. The highest BCUT2D eigenvalue weighted by molar-refractivity contribution is 5.83. The molecule has 1 heterocycles. The molecule has 0 radical (unpaired) electrons. The van der Waals surface area contributed by atoms with Crippen LogP contribution in [0.4, 0.5) is 11.4 Å². The van der Waals surface area contributed by atoms with Gasteiger partial charge in [0.25, 0.3) is 0 Å². The first-order chi connectivity index (χ1) is 17.4. The maximum absolute atomic E-state index is 13.2. The van der Waals surface area contributed by atoms with E-state index >= 15 is 0 Å². The molecule has 7 nitrogen and oxygen atoms in total. The first-order valence-corrected chi connectivity index (χ1v) is 11.2. The molecule has 0 aliphatic carbocycles. The van der Waals surface area contributed by atoms with Crippen LogP contribution in [0.1, 0.15) is 5.56 Å². The first kappa shape index (κ1) is 22.9. The van der Waals surface area contributed by atoms with Crippen LogP contribution in [0.3, 0.4) is 0 Å². The number of benzene rings is 4. The Hall–Kier alpha value is -4.91. The number of fused-ring (bicyclic) bond motifs is 1. The molecule has 0 spiro atoms. The smallest absolute Gasteiger partial charge is 0.196 e. The van der Waals surface area contributed by atoms with Crippen molar-refractivity contribution in [3.8, 4) is 40.1 Å². The predicted octanol–water partition coefficient (Wildman–Crippen LogP) is 6.53. The van der Waals surface area contributed by atoms with Gasteiger partial charge in [-0.3, -0.25) is 4.79 Å². The molecule has 0 bridgehead atoms. The Bertz CT molecular complexity index is 1610. The van der Waals surface area contributed by atoms with Crippen molar-refractivity contribution in [2.75, 3.05) is 18.6 Å². The summed E-state index contributed by atoms with van der Waals surface area (Å²) in [5.41, 5.74) is 14.2. The number of hydrogen-bond acceptors (Lipinski definition) is 7. The van der Waals surface area contributed by atoms with Crippen LogP contribution >= 0.6 is 0 Å². The molecule has 4 aromatic carbocycles. The van der Waals surface area contributed by atoms with Crippen LogP contribution < -0.4 is 31.1 Å². The van der Waals surface area contributed by atoms with E-state index in [1.54, 1.807) is 99.0 Å². The standard InChI is InChI=1S/C29H24N2O5/c1-17-28(32)25-15-22(33-2)12-14-26(25)36-29(17)24-13-11-23(34-20-7-3-18(30)4-8-20)16-27(24)35-21-9-5-19(31)6-10-21/h3-16H,30-31H2,1-2H3. The fourth-order valence-corrected chi connectivity index (χ4v) is 3.82. The van der Waals surface area contributed by atoms with Gasteiger partial charge in [-0.1, -0.05) is 0 Å². The number of nitrogen functional groups attached to an aromatic ring is 2. The number of hydrogen-bond donors (Lipinski definition) is 2. The summed E-state index contributed by atoms with van der Waals surface area (Å²) in [7, 11) is 1.55. The van der Waals surface area contributed by atoms with Crippen molar-refractivity contribution in [1.82, 2.24) is 0 Å². The maximum atomic E-state index is 13.2. The second-order valence-corrected chi connectivity index (χ2v) is 8.25. The zero-order valence-corrected chi connectivity index (χ0v) is 19.8. The summed E-state index contributed by atoms with van der Waals surface area (Å²) in [4.78, 5) is 13.2. The van der Waals surface area contributed by atoms with Gasteiger partial charge in [0.1, 0.15) is 40.1 Å². The van der Waals surface area contributed by atoms with Gasteiger partial charge < -0.3 is 30.1 Å². The summed E-state index contributed by atoms with van der Waals surface area (Å²) in [6.07, 6.45) is 0. The van der Waals surface area contributed by atoms with Crippen molar-refractivity contribution >= 4 is 22.3 Å². The topological polar surface area (TPSA) is 110 Å². The summed E-state index contributed by atoms with van der Waals surface area (Å²) in [6.45, 7) is 1.73. The number of anilines is 2. The van der Waals surface area contributed by atoms with Crippen molar-refractivity contribution in [3.63, 3.8) is 0 Å². The molecule has 1 aromatic heterocycles. The third-order valence-electron chi connectivity index (χ3n) is 5.75. The summed E-state index contributed by atoms with van der Waals surface area (Å²) < 4.78 is 23.7. The third-order valence-corrected chi connectivity index (χ3v) is 5.75. The number of methoxy groups -OCH3 is 1. The minimum atomic E-state index is -0.147. The number of ether oxygens (including phenoxy) is 3. The average Bonchev–Trinajstić information content (AvgIpc) is 2.89. The fourth-order valence-electron chi connectivity index (χ4n) is 3.82. The molecule has 0 saturated heterocycles. The molecule has 4 N–H and O–H groups in total. The molecule has 36 heavy (non-hydrogen) atoms. The molecule has 0 fully saturated rings. The van der Waals surface area contributed by atoms with E-state index in [0.717, 1.165) is 0 Å². The van der Waals surface area contributed by atoms with Crippen molar-refractivity contribution in [1.29, 1.82) is 0 Å². The second kappa shape index (κ2) is 9.38. The summed E-state index contributed by atoms with van der Waals surface area (Å²) in [5.74, 6) is 3.17. The van der Waals surface area contributed by atoms with Crippen LogP contribution in [0, 0.1) is 6.92 Å². The zero-order chi connectivity index (χ0) is 25.2. The van der Waals surface area contributed by atoms with E-state index in [2.05, 4.69) is 0 Å². The van der Waals surface area contributed by atoms with Gasteiger partial charge in [0.2, 0.25) is 0 Å². The molecule has 5 aromatic rings. The van der Waals surface area contributed by atoms with Crippen LogP contribution in [0.5, 0.6) is 28.7 Å². The molecule has 0 unspecified atom stereocenters. The van der Waals surface area contributed by atoms with E-state index in [4.69, 9.17) is 30.1 Å². The van der Waals surface area contributed by atoms with Gasteiger partial charge in [-0.15, -0.1) is 0 Å². The monoisotopic (exact) mass is 480 g/mol. The second-order valence-electron chi connectivity index (χ2n) is 8.25. The van der Waals surface area contributed by atoms with Gasteiger partial charge >= 0.3 is 0 Å². The van der Waals surface area contributed by atoms with Crippen LogP contribution in [0.25, 0.3) is 22.3 Å². The molecule has 0 atom stereocenters. The molecule has 180 valence electrons. The lowest BCUT2D eigenvalue weighted by molar-refractivity contribution is 0.415. The van der Waals surface area contributed by atoms with E-state index in [9.17, 15) is 4.79 Å². The Balaban J connectivity index is 1.63. The summed E-state index contributed by atoms with van der Waals surface area (Å²) in [5, 5.41) is 0.444. The van der Waals surface area contributed by atoms with E-state index in [-0.39, 0.29) is 5.43 Å². The lowest BCUT2D eigenvalue weighted by atomic mass is 10.0. The van der Waals surface area contributed by atoms with Crippen molar-refractivity contribution in [2.45, 2.75) is 6.92 Å². The largest absolute Gasteiger partial charge is 0.497 e. The molecular formula is C29H24N2O5. The Kier molecular flexibility index (Phi) is 5.96. The highest BCUT2D eigenvalue weighted by Crippen LogP contribution is 2.39.